The number of benzene rings is 1. The summed E-state index contributed by atoms with van der Waals surface area (Å²) in [5.74, 6) is 3.61. The van der Waals surface area contributed by atoms with Gasteiger partial charge in [0.1, 0.15) is 5.84 Å². The van der Waals surface area contributed by atoms with Crippen molar-refractivity contribution in [3.63, 3.8) is 0 Å². The Morgan fingerprint density at radius 1 is 1.05 bits per heavy atom. The normalized spacial score (nSPS) is 11.7. The molecule has 0 N–H and O–H groups in total. The highest BCUT2D eigenvalue weighted by Gasteiger charge is 2.15. The van der Waals surface area contributed by atoms with Gasteiger partial charge in [0, 0.05) is 37.1 Å². The van der Waals surface area contributed by atoms with Gasteiger partial charge in [-0.2, -0.15) is 0 Å². The van der Waals surface area contributed by atoms with Crippen molar-refractivity contribution < 1.29 is 0 Å². The SMILES string of the molecule is C#Cc1ccc(CN(C=C)C(CN(CCc2cccs2)CC(=C)/C=C\C(C=C)=C(/C)C=C)=NC)cc1.CC. The molecular formula is C34H43N3S. The molecule has 200 valence electrons. The van der Waals surface area contributed by atoms with E-state index in [0.717, 1.165) is 53.2 Å². The van der Waals surface area contributed by atoms with Crippen molar-refractivity contribution in [2.75, 3.05) is 26.7 Å². The average Bonchev–Trinajstić information content (AvgIpc) is 3.48. The van der Waals surface area contributed by atoms with Gasteiger partial charge in [-0.1, -0.05) is 88.6 Å². The van der Waals surface area contributed by atoms with Crippen molar-refractivity contribution in [3.05, 3.63) is 131 Å². The van der Waals surface area contributed by atoms with Gasteiger partial charge in [0.2, 0.25) is 0 Å². The lowest BCUT2D eigenvalue weighted by molar-refractivity contribution is 0.332. The Morgan fingerprint density at radius 2 is 1.76 bits per heavy atom. The molecule has 0 unspecified atom stereocenters. The van der Waals surface area contributed by atoms with Gasteiger partial charge < -0.3 is 4.90 Å². The zero-order valence-corrected chi connectivity index (χ0v) is 24.4. The fourth-order valence-electron chi connectivity index (χ4n) is 3.62. The van der Waals surface area contributed by atoms with Crippen LogP contribution in [0.25, 0.3) is 0 Å². The minimum atomic E-state index is 0.676. The van der Waals surface area contributed by atoms with Crippen LogP contribution in [0.2, 0.25) is 0 Å². The van der Waals surface area contributed by atoms with E-state index in [4.69, 9.17) is 6.42 Å². The minimum absolute atomic E-state index is 0.676. The van der Waals surface area contributed by atoms with Crippen molar-refractivity contribution >= 4 is 17.2 Å². The molecule has 1 aromatic heterocycles. The summed E-state index contributed by atoms with van der Waals surface area (Å²) in [4.78, 5) is 10.5. The summed E-state index contributed by atoms with van der Waals surface area (Å²) in [6.45, 7) is 25.1. The maximum Gasteiger partial charge on any atom is 0.117 e. The van der Waals surface area contributed by atoms with Crippen LogP contribution in [0.5, 0.6) is 0 Å². The van der Waals surface area contributed by atoms with Crippen molar-refractivity contribution in [1.82, 2.24) is 9.80 Å². The fourth-order valence-corrected chi connectivity index (χ4v) is 4.32. The first-order valence-corrected chi connectivity index (χ1v) is 13.8. The molecule has 0 spiro atoms. The summed E-state index contributed by atoms with van der Waals surface area (Å²) >= 11 is 1.79. The van der Waals surface area contributed by atoms with E-state index in [0.29, 0.717) is 13.1 Å². The summed E-state index contributed by atoms with van der Waals surface area (Å²) < 4.78 is 0. The number of allylic oxidation sites excluding steroid dienone is 5. The highest BCUT2D eigenvalue weighted by molar-refractivity contribution is 7.09. The topological polar surface area (TPSA) is 18.8 Å². The molecule has 0 amide bonds. The highest BCUT2D eigenvalue weighted by atomic mass is 32.1. The van der Waals surface area contributed by atoms with Crippen LogP contribution < -0.4 is 0 Å². The van der Waals surface area contributed by atoms with Gasteiger partial charge in [-0.25, -0.2) is 0 Å². The van der Waals surface area contributed by atoms with Gasteiger partial charge in [-0.05, 0) is 65.4 Å². The highest BCUT2D eigenvalue weighted by Crippen LogP contribution is 2.14. The van der Waals surface area contributed by atoms with E-state index in [-0.39, 0.29) is 0 Å². The minimum Gasteiger partial charge on any atom is -0.332 e. The zero-order valence-electron chi connectivity index (χ0n) is 23.6. The largest absolute Gasteiger partial charge is 0.332 e. The van der Waals surface area contributed by atoms with Crippen LogP contribution in [0.1, 0.15) is 36.8 Å². The summed E-state index contributed by atoms with van der Waals surface area (Å²) in [7, 11) is 1.83. The number of aliphatic imine (C=N–C) groups is 1. The molecule has 0 bridgehead atoms. The summed E-state index contributed by atoms with van der Waals surface area (Å²) in [5.41, 5.74) is 5.16. The molecule has 2 aromatic rings. The van der Waals surface area contributed by atoms with Crippen LogP contribution in [0, 0.1) is 12.3 Å². The average molecular weight is 526 g/mol. The van der Waals surface area contributed by atoms with E-state index in [2.05, 4.69) is 88.8 Å². The Morgan fingerprint density at radius 3 is 2.29 bits per heavy atom. The third kappa shape index (κ3) is 11.2. The van der Waals surface area contributed by atoms with Crippen molar-refractivity contribution in [1.29, 1.82) is 0 Å². The maximum absolute atomic E-state index is 5.50. The molecule has 2 rings (SSSR count). The summed E-state index contributed by atoms with van der Waals surface area (Å²) in [6, 6.07) is 12.3. The van der Waals surface area contributed by atoms with E-state index in [9.17, 15) is 0 Å². The van der Waals surface area contributed by atoms with Gasteiger partial charge in [-0.15, -0.1) is 17.8 Å². The molecule has 3 nitrogen and oxygen atoms in total. The second kappa shape index (κ2) is 18.6. The predicted molar refractivity (Wildman–Crippen MR) is 171 cm³/mol. The lowest BCUT2D eigenvalue weighted by atomic mass is 10.1. The summed E-state index contributed by atoms with van der Waals surface area (Å²) in [6.07, 6.45) is 16.1. The second-order valence-electron chi connectivity index (χ2n) is 8.37. The molecule has 0 atom stereocenters. The number of nitrogens with zero attached hydrogens (tertiary/aromatic N) is 3. The third-order valence-corrected chi connectivity index (χ3v) is 6.75. The van der Waals surface area contributed by atoms with Crippen LogP contribution in [-0.2, 0) is 13.0 Å². The Balaban J connectivity index is 0.00000352. The maximum atomic E-state index is 5.50. The van der Waals surface area contributed by atoms with E-state index < -0.39 is 0 Å². The second-order valence-corrected chi connectivity index (χ2v) is 9.40. The van der Waals surface area contributed by atoms with Gasteiger partial charge in [0.25, 0.3) is 0 Å². The first-order chi connectivity index (χ1) is 18.4. The Labute approximate surface area is 235 Å². The number of hydrogen-bond donors (Lipinski definition) is 0. The van der Waals surface area contributed by atoms with Crippen molar-refractivity contribution in [2.24, 2.45) is 4.99 Å². The molecular weight excluding hydrogens is 482 g/mol. The van der Waals surface area contributed by atoms with Gasteiger partial charge in [-0.3, -0.25) is 9.89 Å². The smallest absolute Gasteiger partial charge is 0.117 e. The third-order valence-electron chi connectivity index (χ3n) is 5.81. The lowest BCUT2D eigenvalue weighted by Crippen LogP contribution is -2.39. The lowest BCUT2D eigenvalue weighted by Gasteiger charge is -2.28. The van der Waals surface area contributed by atoms with Gasteiger partial charge in [0.15, 0.2) is 0 Å². The van der Waals surface area contributed by atoms with E-state index in [1.807, 2.05) is 58.3 Å². The quantitative estimate of drug-likeness (QED) is 0.107. The molecule has 1 heterocycles. The Bertz CT molecular complexity index is 1160. The number of rotatable bonds is 14. The van der Waals surface area contributed by atoms with Crippen LogP contribution in [0.15, 0.2) is 120 Å². The van der Waals surface area contributed by atoms with E-state index in [1.54, 1.807) is 11.3 Å². The van der Waals surface area contributed by atoms with Crippen LogP contribution in [0.4, 0.5) is 0 Å². The van der Waals surface area contributed by atoms with Crippen LogP contribution in [-0.4, -0.2) is 42.3 Å². The van der Waals surface area contributed by atoms with E-state index >= 15 is 0 Å². The summed E-state index contributed by atoms with van der Waals surface area (Å²) in [5, 5.41) is 2.12. The number of terminal acetylenes is 1. The van der Waals surface area contributed by atoms with Gasteiger partial charge in [0.05, 0.1) is 6.54 Å². The molecule has 0 saturated heterocycles. The first-order valence-electron chi connectivity index (χ1n) is 12.9. The van der Waals surface area contributed by atoms with Crippen molar-refractivity contribution in [3.8, 4) is 12.3 Å². The molecule has 1 aromatic carbocycles. The molecule has 0 radical (unpaired) electrons. The fraction of sp³-hybridized carbons (Fsp3) is 0.265. The van der Waals surface area contributed by atoms with Crippen molar-refractivity contribution in [2.45, 2.75) is 33.7 Å². The van der Waals surface area contributed by atoms with Gasteiger partial charge >= 0.3 is 0 Å². The molecule has 0 aliphatic carbocycles. The van der Waals surface area contributed by atoms with Crippen LogP contribution in [0.3, 0.4) is 0 Å². The molecule has 0 fully saturated rings. The standard InChI is InChI=1S/C32H37N3S.C2H6/c1-8-27(6)30(10-3)19-14-26(5)23-34(21-20-31-13-12-22-36-31)25-32(33-7)35(11-4)24-29-17-15-28(9-2)16-18-29;1-2/h2,8,10-19,22H,1,3-5,20-21,23-25H2,6-7H3;1-2H3/b19-14-,30-27+,33-32?;. The van der Waals surface area contributed by atoms with Crippen LogP contribution >= 0.6 is 11.3 Å². The monoisotopic (exact) mass is 525 g/mol. The predicted octanol–water partition coefficient (Wildman–Crippen LogP) is 8.08. The Hall–Kier alpha value is -3.65. The number of amidine groups is 1. The molecule has 38 heavy (non-hydrogen) atoms. The molecule has 4 heteroatoms. The number of hydrogen-bond acceptors (Lipinski definition) is 3. The number of thiophene rings is 1. The molecule has 0 aliphatic heterocycles. The first kappa shape index (κ1) is 32.4. The zero-order chi connectivity index (χ0) is 28.3. The molecule has 0 saturated carbocycles. The Kier molecular flexibility index (Phi) is 15.8. The molecule has 0 aliphatic rings. The van der Waals surface area contributed by atoms with E-state index in [1.165, 1.54) is 4.88 Å².